The van der Waals surface area contributed by atoms with Crippen molar-refractivity contribution in [3.63, 3.8) is 0 Å². The van der Waals surface area contributed by atoms with Crippen LogP contribution < -0.4 is 10.4 Å². The molecular weight excluding hydrogens is 348 g/mol. The van der Waals surface area contributed by atoms with E-state index in [4.69, 9.17) is 4.43 Å². The van der Waals surface area contributed by atoms with Gasteiger partial charge in [-0.15, -0.1) is 0 Å². The van der Waals surface area contributed by atoms with Gasteiger partial charge in [0.05, 0.1) is 5.60 Å². The first-order valence-corrected chi connectivity index (χ1v) is 12.3. The van der Waals surface area contributed by atoms with Crippen LogP contribution >= 0.6 is 0 Å². The summed E-state index contributed by atoms with van der Waals surface area (Å²) in [7, 11) is -2.48. The first-order chi connectivity index (χ1) is 12.9. The fourth-order valence-corrected chi connectivity index (χ4v) is 10.1. The average molecular weight is 381 g/mol. The van der Waals surface area contributed by atoms with Crippen LogP contribution in [0.5, 0.6) is 0 Å². The summed E-state index contributed by atoms with van der Waals surface area (Å²) in [5, 5.41) is 13.7. The van der Waals surface area contributed by atoms with E-state index in [1.165, 1.54) is 16.8 Å². The Bertz CT molecular complexity index is 728. The van der Waals surface area contributed by atoms with Crippen LogP contribution in [-0.2, 0) is 4.43 Å². The number of rotatable bonds is 5. The lowest BCUT2D eigenvalue weighted by Gasteiger charge is -2.51. The maximum atomic E-state index is 11.1. The molecule has 2 fully saturated rings. The highest BCUT2D eigenvalue weighted by Gasteiger charge is 2.58. The highest BCUT2D eigenvalue weighted by atomic mass is 28.4. The monoisotopic (exact) mass is 380 g/mol. The van der Waals surface area contributed by atoms with Crippen molar-refractivity contribution >= 4 is 18.7 Å². The molecule has 0 aromatic heterocycles. The molecule has 144 valence electrons. The zero-order valence-electron chi connectivity index (χ0n) is 16.8. The summed E-state index contributed by atoms with van der Waals surface area (Å²) in [5.74, 6) is 0.789. The minimum atomic E-state index is -2.48. The molecule has 0 spiro atoms. The Hall–Kier alpha value is -1.42. The van der Waals surface area contributed by atoms with Gasteiger partial charge < -0.3 is 9.53 Å². The Morgan fingerprint density at radius 2 is 1.56 bits per heavy atom. The predicted octanol–water partition coefficient (Wildman–Crippen LogP) is 4.11. The molecule has 2 aromatic rings. The molecule has 1 N–H and O–H groups in total. The fourth-order valence-electron chi connectivity index (χ4n) is 5.53. The Kier molecular flexibility index (Phi) is 4.82. The lowest BCUT2D eigenvalue weighted by Crippen LogP contribution is -2.68. The average Bonchev–Trinajstić information content (AvgIpc) is 2.95. The molecule has 0 unspecified atom stereocenters. The number of hydrogen-bond acceptors (Lipinski definition) is 2. The first kappa shape index (κ1) is 18.9. The summed E-state index contributed by atoms with van der Waals surface area (Å²) < 4.78 is 7.02. The lowest BCUT2D eigenvalue weighted by atomic mass is 9.63. The van der Waals surface area contributed by atoms with Crippen molar-refractivity contribution in [1.29, 1.82) is 0 Å². The third kappa shape index (κ3) is 3.00. The van der Waals surface area contributed by atoms with E-state index in [2.05, 4.69) is 81.4 Å². The van der Waals surface area contributed by atoms with Crippen molar-refractivity contribution in [2.24, 2.45) is 11.8 Å². The summed E-state index contributed by atoms with van der Waals surface area (Å²) in [4.78, 5) is 0. The van der Waals surface area contributed by atoms with Gasteiger partial charge >= 0.3 is 0 Å². The number of fused-ring (bicyclic) bond motifs is 1. The molecule has 2 saturated carbocycles. The summed E-state index contributed by atoms with van der Waals surface area (Å²) in [6, 6.07) is 21.6. The van der Waals surface area contributed by atoms with Crippen LogP contribution in [0.1, 0.15) is 46.5 Å². The Balaban J connectivity index is 1.72. The zero-order valence-corrected chi connectivity index (χ0v) is 17.8. The summed E-state index contributed by atoms with van der Waals surface area (Å²) in [5.41, 5.74) is -0.467. The molecule has 27 heavy (non-hydrogen) atoms. The van der Waals surface area contributed by atoms with Crippen molar-refractivity contribution < 1.29 is 9.53 Å². The number of aliphatic hydroxyl groups is 1. The van der Waals surface area contributed by atoms with Crippen LogP contribution in [-0.4, -0.2) is 25.6 Å². The molecule has 2 aliphatic rings. The molecule has 0 amide bonds. The van der Waals surface area contributed by atoms with E-state index in [1.54, 1.807) is 0 Å². The van der Waals surface area contributed by atoms with Gasteiger partial charge in [0.15, 0.2) is 0 Å². The van der Waals surface area contributed by atoms with Crippen molar-refractivity contribution in [3.8, 4) is 0 Å². The minimum Gasteiger partial charge on any atom is -0.407 e. The molecule has 2 aromatic carbocycles. The largest absolute Gasteiger partial charge is 0.407 e. The topological polar surface area (TPSA) is 29.5 Å². The summed E-state index contributed by atoms with van der Waals surface area (Å²) in [6.07, 6.45) is 4.42. The summed E-state index contributed by atoms with van der Waals surface area (Å²) in [6.45, 7) is 7.60. The molecule has 0 heterocycles. The second kappa shape index (κ2) is 6.88. The van der Waals surface area contributed by atoms with Crippen molar-refractivity contribution in [2.45, 2.75) is 57.1 Å². The molecule has 0 bridgehead atoms. The fraction of sp³-hybridized carbons (Fsp3) is 0.500. The van der Waals surface area contributed by atoms with Crippen LogP contribution in [0.25, 0.3) is 0 Å². The molecule has 3 atom stereocenters. The zero-order chi connectivity index (χ0) is 19.1. The van der Waals surface area contributed by atoms with Gasteiger partial charge in [0.1, 0.15) is 0 Å². The van der Waals surface area contributed by atoms with Gasteiger partial charge in [0.2, 0.25) is 0 Å². The minimum absolute atomic E-state index is 0.00283. The van der Waals surface area contributed by atoms with Crippen molar-refractivity contribution in [3.05, 3.63) is 60.7 Å². The van der Waals surface area contributed by atoms with Crippen molar-refractivity contribution in [1.82, 2.24) is 0 Å². The maximum Gasteiger partial charge on any atom is 0.261 e. The number of benzene rings is 2. The third-order valence-corrected chi connectivity index (χ3v) is 12.0. The van der Waals surface area contributed by atoms with E-state index < -0.39 is 13.9 Å². The van der Waals surface area contributed by atoms with Gasteiger partial charge in [0, 0.05) is 12.5 Å². The second-order valence-corrected chi connectivity index (χ2v) is 13.8. The van der Waals surface area contributed by atoms with Crippen LogP contribution in [0.4, 0.5) is 0 Å². The van der Waals surface area contributed by atoms with E-state index in [1.807, 2.05) is 0 Å². The van der Waals surface area contributed by atoms with E-state index in [-0.39, 0.29) is 11.0 Å². The van der Waals surface area contributed by atoms with Crippen LogP contribution in [0, 0.1) is 11.8 Å². The lowest BCUT2D eigenvalue weighted by molar-refractivity contribution is -0.143. The molecule has 2 aliphatic carbocycles. The Labute approximate surface area is 164 Å². The van der Waals surface area contributed by atoms with Crippen LogP contribution in [0.3, 0.4) is 0 Å². The molecule has 0 saturated heterocycles. The molecular formula is C24H32O2Si. The van der Waals surface area contributed by atoms with Gasteiger partial charge in [-0.3, -0.25) is 0 Å². The Morgan fingerprint density at radius 3 is 2.04 bits per heavy atom. The van der Waals surface area contributed by atoms with E-state index in [0.29, 0.717) is 12.5 Å². The molecule has 0 radical (unpaired) electrons. The standard InChI is InChI=1S/C24H32O2Si/c1-23(2,3)27(21-12-6-4-7-13-21,22-14-8-5-9-15-22)26-18-20-17-19-11-10-16-24(19,20)25/h4-9,12-15,19-20,25H,10-11,16-18H2,1-3H3/t19-,20+,24+/m0/s1. The first-order valence-electron chi connectivity index (χ1n) is 10.4. The predicted molar refractivity (Wildman–Crippen MR) is 114 cm³/mol. The van der Waals surface area contributed by atoms with Gasteiger partial charge in [-0.25, -0.2) is 0 Å². The van der Waals surface area contributed by atoms with Crippen LogP contribution in [0.15, 0.2) is 60.7 Å². The highest BCUT2D eigenvalue weighted by molar-refractivity contribution is 6.99. The summed E-state index contributed by atoms with van der Waals surface area (Å²) >= 11 is 0. The van der Waals surface area contributed by atoms with Crippen LogP contribution in [0.2, 0.25) is 5.04 Å². The van der Waals surface area contributed by atoms with Gasteiger partial charge in [-0.1, -0.05) is 87.9 Å². The second-order valence-electron chi connectivity index (χ2n) is 9.49. The smallest absolute Gasteiger partial charge is 0.261 e. The third-order valence-electron chi connectivity index (χ3n) is 7.03. The van der Waals surface area contributed by atoms with Gasteiger partial charge in [0.25, 0.3) is 8.32 Å². The van der Waals surface area contributed by atoms with E-state index >= 15 is 0 Å². The molecule has 2 nitrogen and oxygen atoms in total. The number of hydrogen-bond donors (Lipinski definition) is 1. The van der Waals surface area contributed by atoms with Gasteiger partial charge in [-0.05, 0) is 40.6 Å². The molecule has 0 aliphatic heterocycles. The quantitative estimate of drug-likeness (QED) is 0.791. The maximum absolute atomic E-state index is 11.1. The van der Waals surface area contributed by atoms with Crippen molar-refractivity contribution in [2.75, 3.05) is 6.61 Å². The van der Waals surface area contributed by atoms with E-state index in [9.17, 15) is 5.11 Å². The van der Waals surface area contributed by atoms with Gasteiger partial charge in [-0.2, -0.15) is 0 Å². The molecule has 4 rings (SSSR count). The molecule has 3 heteroatoms. The normalized spacial score (nSPS) is 27.9. The van der Waals surface area contributed by atoms with E-state index in [0.717, 1.165) is 19.3 Å². The highest BCUT2D eigenvalue weighted by Crippen LogP contribution is 2.55. The SMILES string of the molecule is CC(C)(C)[Si](OC[C@H]1C[C@@H]2CCC[C@@]21O)(c1ccccc1)c1ccccc1. The Morgan fingerprint density at radius 1 is 1.00 bits per heavy atom.